The van der Waals surface area contributed by atoms with Gasteiger partial charge in [0.15, 0.2) is 4.96 Å². The van der Waals surface area contributed by atoms with Crippen LogP contribution in [0, 0.1) is 5.92 Å². The molecular weight excluding hydrogens is 352 g/mol. The average Bonchev–Trinajstić information content (AvgIpc) is 3.37. The summed E-state index contributed by atoms with van der Waals surface area (Å²) in [6.45, 7) is 1.63. The fraction of sp³-hybridized carbons (Fsp3) is 0.389. The van der Waals surface area contributed by atoms with Crippen molar-refractivity contribution in [3.63, 3.8) is 0 Å². The number of imidazole rings is 1. The molecule has 3 aromatic heterocycles. The lowest BCUT2D eigenvalue weighted by Crippen LogP contribution is -2.43. The summed E-state index contributed by atoms with van der Waals surface area (Å²) in [6.07, 6.45) is 7.12. The number of hydrogen-bond donors (Lipinski definition) is 1. The number of hydrogen-bond acceptors (Lipinski definition) is 5. The number of likely N-dealkylation sites (tertiary alicyclic amines) is 1. The number of thiazole rings is 1. The Kier molecular flexibility index (Phi) is 4.75. The number of carbonyl (C=O) groups excluding carboxylic acids is 2. The van der Waals surface area contributed by atoms with E-state index in [1.165, 1.54) is 0 Å². The predicted octanol–water partition coefficient (Wildman–Crippen LogP) is 2.09. The molecule has 0 unspecified atom stereocenters. The van der Waals surface area contributed by atoms with E-state index in [4.69, 9.17) is 4.42 Å². The molecule has 1 saturated heterocycles. The molecule has 3 aromatic rings. The molecule has 2 amide bonds. The monoisotopic (exact) mass is 372 g/mol. The molecule has 1 aliphatic heterocycles. The molecule has 0 bridgehead atoms. The maximum absolute atomic E-state index is 12.5. The van der Waals surface area contributed by atoms with Gasteiger partial charge in [-0.2, -0.15) is 0 Å². The van der Waals surface area contributed by atoms with Crippen molar-refractivity contribution in [2.24, 2.45) is 5.92 Å². The first-order valence-corrected chi connectivity index (χ1v) is 9.56. The van der Waals surface area contributed by atoms with Crippen LogP contribution < -0.4 is 5.32 Å². The van der Waals surface area contributed by atoms with E-state index < -0.39 is 0 Å². The molecule has 4 heterocycles. The van der Waals surface area contributed by atoms with Crippen molar-refractivity contribution in [3.05, 3.63) is 47.6 Å². The Balaban J connectivity index is 1.25. The van der Waals surface area contributed by atoms with Gasteiger partial charge < -0.3 is 14.6 Å². The third kappa shape index (κ3) is 3.65. The fourth-order valence-electron chi connectivity index (χ4n) is 3.25. The number of nitrogens with one attached hydrogen (secondary N) is 1. The second kappa shape index (κ2) is 7.33. The van der Waals surface area contributed by atoms with Gasteiger partial charge in [-0.15, -0.1) is 11.3 Å². The minimum absolute atomic E-state index is 0.0304. The predicted molar refractivity (Wildman–Crippen MR) is 96.6 cm³/mol. The van der Waals surface area contributed by atoms with Crippen LogP contribution in [0.15, 0.2) is 40.6 Å². The van der Waals surface area contributed by atoms with Gasteiger partial charge in [0.2, 0.25) is 11.8 Å². The van der Waals surface area contributed by atoms with E-state index in [0.717, 1.165) is 16.4 Å². The van der Waals surface area contributed by atoms with Crippen LogP contribution in [0.4, 0.5) is 0 Å². The van der Waals surface area contributed by atoms with E-state index in [2.05, 4.69) is 10.3 Å². The summed E-state index contributed by atoms with van der Waals surface area (Å²) in [4.78, 5) is 32.0. The van der Waals surface area contributed by atoms with Gasteiger partial charge in [0.1, 0.15) is 5.76 Å². The number of nitrogens with zero attached hydrogens (tertiary/aromatic N) is 3. The molecule has 8 heteroatoms. The van der Waals surface area contributed by atoms with Crippen molar-refractivity contribution in [2.75, 3.05) is 13.1 Å². The minimum atomic E-state index is -0.0491. The molecule has 0 saturated carbocycles. The molecule has 26 heavy (non-hydrogen) atoms. The first-order chi connectivity index (χ1) is 12.7. The smallest absolute Gasteiger partial charge is 0.228 e. The number of fused-ring (bicyclic) bond motifs is 1. The van der Waals surface area contributed by atoms with E-state index in [1.807, 2.05) is 33.1 Å². The Bertz CT molecular complexity index is 862. The Labute approximate surface area is 154 Å². The van der Waals surface area contributed by atoms with Crippen LogP contribution in [0.5, 0.6) is 0 Å². The fourth-order valence-corrected chi connectivity index (χ4v) is 3.97. The van der Waals surface area contributed by atoms with Gasteiger partial charge in [-0.1, -0.05) is 0 Å². The summed E-state index contributed by atoms with van der Waals surface area (Å²) >= 11 is 1.55. The lowest BCUT2D eigenvalue weighted by atomic mass is 9.95. The lowest BCUT2D eigenvalue weighted by Gasteiger charge is -2.31. The molecule has 0 aromatic carbocycles. The van der Waals surface area contributed by atoms with Crippen LogP contribution in [0.1, 0.15) is 24.3 Å². The Morgan fingerprint density at radius 2 is 2.19 bits per heavy atom. The van der Waals surface area contributed by atoms with Crippen molar-refractivity contribution in [3.8, 4) is 0 Å². The molecule has 0 aliphatic carbocycles. The molecule has 0 radical (unpaired) electrons. The van der Waals surface area contributed by atoms with Crippen molar-refractivity contribution in [1.82, 2.24) is 19.6 Å². The van der Waals surface area contributed by atoms with Crippen LogP contribution in [0.25, 0.3) is 4.96 Å². The summed E-state index contributed by atoms with van der Waals surface area (Å²) in [5.41, 5.74) is 0.792. The third-order valence-electron chi connectivity index (χ3n) is 4.71. The largest absolute Gasteiger partial charge is 0.467 e. The molecule has 1 fully saturated rings. The van der Waals surface area contributed by atoms with Gasteiger partial charge in [-0.25, -0.2) is 4.98 Å². The summed E-state index contributed by atoms with van der Waals surface area (Å²) in [5.74, 6) is 0.797. The van der Waals surface area contributed by atoms with E-state index in [1.54, 1.807) is 23.7 Å². The standard InChI is InChI=1S/C18H20N4O3S/c23-16(10-14-12-22-7-9-26-18(22)20-14)21-5-3-13(4-6-21)17(24)19-11-15-2-1-8-25-15/h1-2,7-9,12-13H,3-6,10-11H2,(H,19,24). The second-order valence-electron chi connectivity index (χ2n) is 6.45. The molecule has 1 N–H and O–H groups in total. The lowest BCUT2D eigenvalue weighted by molar-refractivity contribution is -0.135. The zero-order valence-electron chi connectivity index (χ0n) is 14.3. The van der Waals surface area contributed by atoms with Gasteiger partial charge in [-0.3, -0.25) is 14.0 Å². The van der Waals surface area contributed by atoms with E-state index in [-0.39, 0.29) is 17.7 Å². The number of rotatable bonds is 5. The van der Waals surface area contributed by atoms with E-state index >= 15 is 0 Å². The van der Waals surface area contributed by atoms with Crippen LogP contribution in [-0.4, -0.2) is 39.2 Å². The SMILES string of the molecule is O=C(NCc1ccco1)C1CCN(C(=O)Cc2cn3ccsc3n2)CC1. The summed E-state index contributed by atoms with van der Waals surface area (Å²) < 4.78 is 7.15. The molecular formula is C18H20N4O3S. The molecule has 4 rings (SSSR count). The highest BCUT2D eigenvalue weighted by atomic mass is 32.1. The van der Waals surface area contributed by atoms with Crippen molar-refractivity contribution < 1.29 is 14.0 Å². The number of amides is 2. The van der Waals surface area contributed by atoms with Gasteiger partial charge in [-0.05, 0) is 25.0 Å². The number of carbonyl (C=O) groups is 2. The number of aromatic nitrogens is 2. The van der Waals surface area contributed by atoms with Gasteiger partial charge in [0.05, 0.1) is 24.9 Å². The van der Waals surface area contributed by atoms with Crippen molar-refractivity contribution in [2.45, 2.75) is 25.8 Å². The average molecular weight is 372 g/mol. The quantitative estimate of drug-likeness (QED) is 0.744. The molecule has 0 spiro atoms. The first kappa shape index (κ1) is 16.8. The molecule has 136 valence electrons. The van der Waals surface area contributed by atoms with Gasteiger partial charge in [0.25, 0.3) is 0 Å². The van der Waals surface area contributed by atoms with Crippen LogP contribution in [0.3, 0.4) is 0 Å². The Morgan fingerprint density at radius 3 is 2.92 bits per heavy atom. The summed E-state index contributed by atoms with van der Waals surface area (Å²) in [6, 6.07) is 3.64. The minimum Gasteiger partial charge on any atom is -0.467 e. The van der Waals surface area contributed by atoms with E-state index in [9.17, 15) is 9.59 Å². The molecule has 1 aliphatic rings. The van der Waals surface area contributed by atoms with Gasteiger partial charge in [0, 0.05) is 36.8 Å². The number of furan rings is 1. The third-order valence-corrected chi connectivity index (χ3v) is 5.48. The topological polar surface area (TPSA) is 79.9 Å². The molecule has 7 nitrogen and oxygen atoms in total. The van der Waals surface area contributed by atoms with E-state index in [0.29, 0.717) is 38.9 Å². The first-order valence-electron chi connectivity index (χ1n) is 8.68. The summed E-state index contributed by atoms with van der Waals surface area (Å²) in [7, 11) is 0. The van der Waals surface area contributed by atoms with Crippen molar-refractivity contribution >= 4 is 28.1 Å². The maximum atomic E-state index is 12.5. The Hall–Kier alpha value is -2.61. The normalized spacial score (nSPS) is 15.5. The highest BCUT2D eigenvalue weighted by Crippen LogP contribution is 2.19. The van der Waals surface area contributed by atoms with Crippen LogP contribution in [-0.2, 0) is 22.6 Å². The highest BCUT2D eigenvalue weighted by molar-refractivity contribution is 7.15. The van der Waals surface area contributed by atoms with Crippen LogP contribution in [0.2, 0.25) is 0 Å². The van der Waals surface area contributed by atoms with Gasteiger partial charge >= 0.3 is 0 Å². The van der Waals surface area contributed by atoms with Crippen LogP contribution >= 0.6 is 11.3 Å². The second-order valence-corrected chi connectivity index (χ2v) is 7.33. The summed E-state index contributed by atoms with van der Waals surface area (Å²) in [5, 5.41) is 4.87. The zero-order valence-corrected chi connectivity index (χ0v) is 15.1. The maximum Gasteiger partial charge on any atom is 0.228 e. The molecule has 0 atom stereocenters. The Morgan fingerprint density at radius 1 is 1.35 bits per heavy atom. The number of piperidine rings is 1. The van der Waals surface area contributed by atoms with Crippen molar-refractivity contribution in [1.29, 1.82) is 0 Å². The highest BCUT2D eigenvalue weighted by Gasteiger charge is 2.27. The zero-order chi connectivity index (χ0) is 17.9.